The molecule has 1 rings (SSSR count). The van der Waals surface area contributed by atoms with Crippen LogP contribution in [0.4, 0.5) is 0 Å². The molecule has 2 atom stereocenters. The molecule has 6 nitrogen and oxygen atoms in total. The van der Waals surface area contributed by atoms with Crippen LogP contribution in [0.5, 0.6) is 0 Å². The second-order valence-electron chi connectivity index (χ2n) is 8.61. The van der Waals surface area contributed by atoms with E-state index in [1.165, 1.54) is 41.8 Å². The Hall–Kier alpha value is -3.15. The van der Waals surface area contributed by atoms with E-state index in [4.69, 9.17) is 5.11 Å². The average molecular weight is 456 g/mol. The topological polar surface area (TPSA) is 96.6 Å². The molecule has 0 aliphatic heterocycles. The number of unbranched alkanes of at least 4 members (excludes halogenated alkanes) is 3. The summed E-state index contributed by atoms with van der Waals surface area (Å²) in [5.74, 6) is -1.99. The van der Waals surface area contributed by atoms with Gasteiger partial charge in [0.05, 0.1) is 5.56 Å². The van der Waals surface area contributed by atoms with Crippen LogP contribution < -0.4 is 0 Å². The molecular formula is C27H37NO5. The van der Waals surface area contributed by atoms with Crippen LogP contribution >= 0.6 is 0 Å². The molecule has 0 bridgehead atoms. The molecule has 2 N–H and O–H groups in total. The maximum absolute atomic E-state index is 12.0. The van der Waals surface area contributed by atoms with E-state index < -0.39 is 11.9 Å². The van der Waals surface area contributed by atoms with Crippen molar-refractivity contribution in [1.82, 2.24) is 4.57 Å². The average Bonchev–Trinajstić information content (AvgIpc) is 3.17. The van der Waals surface area contributed by atoms with E-state index in [9.17, 15) is 19.5 Å². The van der Waals surface area contributed by atoms with Gasteiger partial charge in [0.15, 0.2) is 6.29 Å². The number of rotatable bonds is 16. The van der Waals surface area contributed by atoms with Crippen molar-refractivity contribution in [2.24, 2.45) is 11.8 Å². The smallest absolute Gasteiger partial charge is 0.337 e. The second kappa shape index (κ2) is 14.1. The molecule has 1 aromatic heterocycles. The Labute approximate surface area is 197 Å². The van der Waals surface area contributed by atoms with E-state index in [1.54, 1.807) is 13.0 Å². The molecule has 0 aliphatic rings. The van der Waals surface area contributed by atoms with Crippen molar-refractivity contribution in [1.29, 1.82) is 0 Å². The van der Waals surface area contributed by atoms with Crippen LogP contribution in [0.3, 0.4) is 0 Å². The maximum atomic E-state index is 12.0. The summed E-state index contributed by atoms with van der Waals surface area (Å²) in [5, 5.41) is 18.6. The van der Waals surface area contributed by atoms with Gasteiger partial charge in [-0.1, -0.05) is 55.6 Å². The van der Waals surface area contributed by atoms with Gasteiger partial charge in [-0.2, -0.15) is 0 Å². The number of hydrogen-bond donors (Lipinski definition) is 2. The van der Waals surface area contributed by atoms with Crippen LogP contribution in [0.25, 0.3) is 5.57 Å². The number of aliphatic carboxylic acids is 1. The highest BCUT2D eigenvalue weighted by molar-refractivity contribution is 6.12. The van der Waals surface area contributed by atoms with Gasteiger partial charge in [0.2, 0.25) is 0 Å². The molecular weight excluding hydrogens is 418 g/mol. The van der Waals surface area contributed by atoms with Gasteiger partial charge in [0.1, 0.15) is 6.54 Å². The Kier molecular flexibility index (Phi) is 11.9. The van der Waals surface area contributed by atoms with E-state index in [0.29, 0.717) is 17.8 Å². The third-order valence-electron chi connectivity index (χ3n) is 5.86. The molecule has 2 unspecified atom stereocenters. The van der Waals surface area contributed by atoms with E-state index in [-0.39, 0.29) is 29.2 Å². The van der Waals surface area contributed by atoms with Gasteiger partial charge in [-0.3, -0.25) is 9.59 Å². The SMILES string of the molecule is C=CC(C)CCCCCC/C(C)=C/C(C=C)/C(C)=C(/C=O)c1cn(CC(=O)O)cc1C(=O)O. The number of carboxylic acid groups (broad SMARTS) is 2. The number of aromatic carboxylic acids is 1. The van der Waals surface area contributed by atoms with Gasteiger partial charge < -0.3 is 14.8 Å². The van der Waals surface area contributed by atoms with Crippen LogP contribution in [0, 0.1) is 11.8 Å². The van der Waals surface area contributed by atoms with Gasteiger partial charge in [-0.15, -0.1) is 13.2 Å². The van der Waals surface area contributed by atoms with Crippen molar-refractivity contribution in [3.8, 4) is 0 Å². The molecule has 0 saturated heterocycles. The molecule has 0 radical (unpaired) electrons. The number of aldehydes is 1. The maximum Gasteiger partial charge on any atom is 0.337 e. The van der Waals surface area contributed by atoms with Crippen molar-refractivity contribution in [3.05, 3.63) is 66.1 Å². The number of allylic oxidation sites excluding steroid dienone is 6. The van der Waals surface area contributed by atoms with Gasteiger partial charge in [0, 0.05) is 29.4 Å². The molecule has 180 valence electrons. The van der Waals surface area contributed by atoms with E-state index in [1.807, 2.05) is 6.08 Å². The molecule has 6 heteroatoms. The number of hydrogen-bond acceptors (Lipinski definition) is 3. The van der Waals surface area contributed by atoms with E-state index in [2.05, 4.69) is 33.1 Å². The first-order valence-corrected chi connectivity index (χ1v) is 11.4. The molecule has 0 spiro atoms. The van der Waals surface area contributed by atoms with Crippen molar-refractivity contribution in [2.45, 2.75) is 65.8 Å². The first-order chi connectivity index (χ1) is 15.6. The molecule has 1 aromatic rings. The van der Waals surface area contributed by atoms with Gasteiger partial charge in [-0.05, 0) is 39.0 Å². The zero-order chi connectivity index (χ0) is 25.0. The molecule has 1 heterocycles. The predicted octanol–water partition coefficient (Wildman–Crippen LogP) is 6.15. The zero-order valence-corrected chi connectivity index (χ0v) is 20.0. The Bertz CT molecular complexity index is 919. The number of carboxylic acids is 2. The summed E-state index contributed by atoms with van der Waals surface area (Å²) >= 11 is 0. The summed E-state index contributed by atoms with van der Waals surface area (Å²) in [4.78, 5) is 34.7. The van der Waals surface area contributed by atoms with E-state index >= 15 is 0 Å². The normalized spacial score (nSPS) is 14.2. The van der Waals surface area contributed by atoms with Crippen LogP contribution in [-0.2, 0) is 16.1 Å². The van der Waals surface area contributed by atoms with Gasteiger partial charge in [-0.25, -0.2) is 4.79 Å². The summed E-state index contributed by atoms with van der Waals surface area (Å²) in [6.07, 6.45) is 15.8. The van der Waals surface area contributed by atoms with Crippen molar-refractivity contribution in [2.75, 3.05) is 0 Å². The molecule has 0 amide bonds. The summed E-state index contributed by atoms with van der Waals surface area (Å²) in [7, 11) is 0. The highest BCUT2D eigenvalue weighted by Crippen LogP contribution is 2.29. The molecule has 0 aromatic carbocycles. The minimum absolute atomic E-state index is 0.105. The third-order valence-corrected chi connectivity index (χ3v) is 5.86. The lowest BCUT2D eigenvalue weighted by Crippen LogP contribution is -2.06. The van der Waals surface area contributed by atoms with Crippen molar-refractivity contribution < 1.29 is 24.6 Å². The van der Waals surface area contributed by atoms with E-state index in [0.717, 1.165) is 19.3 Å². The van der Waals surface area contributed by atoms with Crippen LogP contribution in [0.15, 0.2) is 54.9 Å². The highest BCUT2D eigenvalue weighted by Gasteiger charge is 2.21. The van der Waals surface area contributed by atoms with Crippen LogP contribution in [0.2, 0.25) is 0 Å². The third kappa shape index (κ3) is 9.08. The quantitative estimate of drug-likeness (QED) is 0.135. The molecule has 0 aliphatic carbocycles. The van der Waals surface area contributed by atoms with Gasteiger partial charge >= 0.3 is 11.9 Å². The first kappa shape index (κ1) is 27.9. The Balaban J connectivity index is 2.99. The Morgan fingerprint density at radius 2 is 1.67 bits per heavy atom. The number of carbonyl (C=O) groups is 3. The Morgan fingerprint density at radius 3 is 2.21 bits per heavy atom. The standard InChI is InChI=1S/C27H37NO5/c1-6-19(3)12-10-8-9-11-13-20(4)14-22(7-2)21(5)25(18-29)23-15-28(17-26(30)31)16-24(23)27(32)33/h6-7,14-16,18-19,22H,1-2,8-13,17H2,3-5H3,(H,30,31)(H,32,33)/b20-14+,25-21-. The van der Waals surface area contributed by atoms with Crippen LogP contribution in [-0.4, -0.2) is 33.0 Å². The van der Waals surface area contributed by atoms with Crippen molar-refractivity contribution in [3.63, 3.8) is 0 Å². The lowest BCUT2D eigenvalue weighted by molar-refractivity contribution is -0.137. The summed E-state index contributed by atoms with van der Waals surface area (Å²) < 4.78 is 1.26. The zero-order valence-electron chi connectivity index (χ0n) is 20.0. The minimum atomic E-state index is -1.22. The first-order valence-electron chi connectivity index (χ1n) is 11.4. The lowest BCUT2D eigenvalue weighted by atomic mass is 9.89. The predicted molar refractivity (Wildman–Crippen MR) is 132 cm³/mol. The number of aromatic nitrogens is 1. The molecule has 0 fully saturated rings. The van der Waals surface area contributed by atoms with Crippen molar-refractivity contribution >= 4 is 23.8 Å². The van der Waals surface area contributed by atoms with Crippen LogP contribution in [0.1, 0.15) is 75.2 Å². The highest BCUT2D eigenvalue weighted by atomic mass is 16.4. The fraction of sp³-hybridized carbons (Fsp3) is 0.444. The number of nitrogens with zero attached hydrogens (tertiary/aromatic N) is 1. The minimum Gasteiger partial charge on any atom is -0.480 e. The fourth-order valence-electron chi connectivity index (χ4n) is 3.79. The molecule has 33 heavy (non-hydrogen) atoms. The molecule has 0 saturated carbocycles. The lowest BCUT2D eigenvalue weighted by Gasteiger charge is -2.14. The fourth-order valence-corrected chi connectivity index (χ4v) is 3.79. The van der Waals surface area contributed by atoms with Gasteiger partial charge in [0.25, 0.3) is 0 Å². The monoisotopic (exact) mass is 455 g/mol. The Morgan fingerprint density at radius 1 is 1.03 bits per heavy atom. The second-order valence-corrected chi connectivity index (χ2v) is 8.61. The summed E-state index contributed by atoms with van der Waals surface area (Å²) in [6.45, 7) is 13.3. The summed E-state index contributed by atoms with van der Waals surface area (Å²) in [6, 6.07) is 0. The largest absolute Gasteiger partial charge is 0.480 e. The number of carbonyl (C=O) groups excluding carboxylic acids is 1. The summed E-state index contributed by atoms with van der Waals surface area (Å²) in [5.41, 5.74) is 2.20.